The summed E-state index contributed by atoms with van der Waals surface area (Å²) in [6.07, 6.45) is -3.87. The Hall–Kier alpha value is -3.43. The van der Waals surface area contributed by atoms with E-state index in [4.69, 9.17) is 0 Å². The van der Waals surface area contributed by atoms with Crippen LogP contribution in [0.15, 0.2) is 36.5 Å². The third kappa shape index (κ3) is 2.37. The van der Waals surface area contributed by atoms with Gasteiger partial charge in [0.05, 0.1) is 11.0 Å². The van der Waals surface area contributed by atoms with Crippen molar-refractivity contribution < 1.29 is 22.8 Å². The summed E-state index contributed by atoms with van der Waals surface area (Å²) in [4.78, 5) is 32.8. The summed E-state index contributed by atoms with van der Waals surface area (Å²) < 4.78 is 43.5. The van der Waals surface area contributed by atoms with Crippen LogP contribution < -0.4 is 10.6 Å². The molecule has 1 aliphatic rings. The van der Waals surface area contributed by atoms with E-state index in [-0.39, 0.29) is 22.7 Å². The van der Waals surface area contributed by atoms with E-state index in [2.05, 4.69) is 15.3 Å². The van der Waals surface area contributed by atoms with E-state index in [0.717, 1.165) is 11.1 Å². The van der Waals surface area contributed by atoms with Gasteiger partial charge < -0.3 is 5.32 Å². The minimum atomic E-state index is -5.14. The average molecular weight is 389 g/mol. The van der Waals surface area contributed by atoms with Crippen LogP contribution in [0.2, 0.25) is 0 Å². The highest BCUT2D eigenvalue weighted by Gasteiger charge is 2.67. The Morgan fingerprint density at radius 1 is 1.21 bits per heavy atom. The molecule has 0 radical (unpaired) electrons. The highest BCUT2D eigenvalue weighted by molar-refractivity contribution is 6.06. The van der Waals surface area contributed by atoms with Crippen LogP contribution in [0.25, 0.3) is 11.0 Å². The molecule has 10 heteroatoms. The Labute approximate surface area is 156 Å². The maximum Gasteiger partial charge on any atom is 0.440 e. The number of benzene rings is 1. The van der Waals surface area contributed by atoms with Gasteiger partial charge in [0.15, 0.2) is 0 Å². The lowest BCUT2D eigenvalue weighted by atomic mass is 10.1. The lowest BCUT2D eigenvalue weighted by Gasteiger charge is -2.31. The summed E-state index contributed by atoms with van der Waals surface area (Å²) >= 11 is 0. The molecule has 144 valence electrons. The minimum Gasteiger partial charge on any atom is -0.312 e. The number of imidazole rings is 1. The first-order valence-corrected chi connectivity index (χ1v) is 8.27. The molecule has 3 heterocycles. The normalized spacial score (nSPS) is 18.8. The number of fused-ring (bicyclic) bond motifs is 3. The van der Waals surface area contributed by atoms with Gasteiger partial charge in [-0.15, -0.1) is 0 Å². The van der Waals surface area contributed by atoms with E-state index in [1.807, 2.05) is 5.32 Å². The van der Waals surface area contributed by atoms with Gasteiger partial charge in [0.25, 0.3) is 17.5 Å². The molecule has 0 bridgehead atoms. The number of amides is 2. The SMILES string of the molecule is Cc1cc2nc3n(c2cc1C)C(NC(=O)c1ccccn1)(C(F)(F)F)C(=O)N3. The molecule has 0 fully saturated rings. The van der Waals surface area contributed by atoms with Crippen molar-refractivity contribution in [3.63, 3.8) is 0 Å². The number of pyridine rings is 1. The predicted octanol–water partition coefficient (Wildman–Crippen LogP) is 2.65. The van der Waals surface area contributed by atoms with Gasteiger partial charge in [-0.3, -0.25) is 24.5 Å². The number of aryl methyl sites for hydroxylation is 2. The molecule has 0 saturated heterocycles. The van der Waals surface area contributed by atoms with Crippen molar-refractivity contribution in [3.8, 4) is 0 Å². The number of hydrogen-bond donors (Lipinski definition) is 2. The Morgan fingerprint density at radius 2 is 1.93 bits per heavy atom. The maximum absolute atomic E-state index is 14.3. The second kappa shape index (κ2) is 5.78. The molecule has 2 aromatic heterocycles. The summed E-state index contributed by atoms with van der Waals surface area (Å²) in [5, 5.41) is 3.99. The van der Waals surface area contributed by atoms with E-state index < -0.39 is 23.7 Å². The van der Waals surface area contributed by atoms with E-state index in [1.165, 1.54) is 30.5 Å². The fraction of sp³-hybridized carbons (Fsp3) is 0.222. The first kappa shape index (κ1) is 18.0. The molecule has 28 heavy (non-hydrogen) atoms. The zero-order valence-electron chi connectivity index (χ0n) is 14.8. The minimum absolute atomic E-state index is 0.0788. The number of anilines is 1. The zero-order valence-corrected chi connectivity index (χ0v) is 14.8. The molecule has 1 aromatic carbocycles. The Balaban J connectivity index is 1.95. The quantitative estimate of drug-likeness (QED) is 0.705. The standard InChI is InChI=1S/C18H14F3N5O2/c1-9-7-12-13(8-10(9)2)26-16(23-12)24-15(28)17(26,18(19,20)21)25-14(27)11-5-3-4-6-22-11/h3-8H,1-2H3,(H,25,27)(H,23,24,28). The number of carbonyl (C=O) groups excluding carboxylic acids is 2. The average Bonchev–Trinajstić information content (AvgIpc) is 3.10. The summed E-state index contributed by atoms with van der Waals surface area (Å²) in [6.45, 7) is 3.54. The third-order valence-electron chi connectivity index (χ3n) is 4.76. The molecular formula is C18H14F3N5O2. The van der Waals surface area contributed by atoms with Crippen molar-refractivity contribution in [2.45, 2.75) is 25.7 Å². The molecule has 1 atom stereocenters. The lowest BCUT2D eigenvalue weighted by Crippen LogP contribution is -2.63. The molecule has 1 unspecified atom stereocenters. The van der Waals surface area contributed by atoms with Crippen molar-refractivity contribution in [1.29, 1.82) is 0 Å². The van der Waals surface area contributed by atoms with Gasteiger partial charge in [0.1, 0.15) is 5.69 Å². The number of carbonyl (C=O) groups is 2. The van der Waals surface area contributed by atoms with E-state index in [1.54, 1.807) is 19.9 Å². The molecule has 4 rings (SSSR count). The first-order valence-electron chi connectivity index (χ1n) is 8.27. The molecule has 7 nitrogen and oxygen atoms in total. The topological polar surface area (TPSA) is 88.9 Å². The number of alkyl halides is 3. The van der Waals surface area contributed by atoms with Crippen LogP contribution in [0.4, 0.5) is 19.1 Å². The van der Waals surface area contributed by atoms with Crippen LogP contribution in [0.5, 0.6) is 0 Å². The van der Waals surface area contributed by atoms with Crippen molar-refractivity contribution in [2.75, 3.05) is 5.32 Å². The number of nitrogens with one attached hydrogen (secondary N) is 2. The van der Waals surface area contributed by atoms with Crippen LogP contribution >= 0.6 is 0 Å². The van der Waals surface area contributed by atoms with E-state index >= 15 is 0 Å². The van der Waals surface area contributed by atoms with Crippen LogP contribution in [-0.4, -0.2) is 32.5 Å². The van der Waals surface area contributed by atoms with Crippen molar-refractivity contribution in [2.24, 2.45) is 0 Å². The number of hydrogen-bond acceptors (Lipinski definition) is 4. The van der Waals surface area contributed by atoms with Gasteiger partial charge in [0.2, 0.25) is 5.95 Å². The summed E-state index contributed by atoms with van der Waals surface area (Å²) in [6, 6.07) is 7.37. The van der Waals surface area contributed by atoms with Crippen molar-refractivity contribution in [1.82, 2.24) is 19.9 Å². The fourth-order valence-corrected chi connectivity index (χ4v) is 3.21. The van der Waals surface area contributed by atoms with Crippen LogP contribution in [0.1, 0.15) is 21.6 Å². The second-order valence-electron chi connectivity index (χ2n) is 6.53. The van der Waals surface area contributed by atoms with Gasteiger partial charge in [-0.05, 0) is 49.2 Å². The van der Waals surface area contributed by atoms with Gasteiger partial charge in [0, 0.05) is 6.20 Å². The second-order valence-corrected chi connectivity index (χ2v) is 6.53. The number of halogens is 3. The molecule has 0 saturated carbocycles. The first-order chi connectivity index (χ1) is 13.1. The number of aromatic nitrogens is 3. The van der Waals surface area contributed by atoms with E-state index in [0.29, 0.717) is 4.57 Å². The lowest BCUT2D eigenvalue weighted by molar-refractivity contribution is -0.213. The van der Waals surface area contributed by atoms with Gasteiger partial charge in [-0.2, -0.15) is 13.2 Å². The Morgan fingerprint density at radius 3 is 2.57 bits per heavy atom. The largest absolute Gasteiger partial charge is 0.440 e. The van der Waals surface area contributed by atoms with Crippen LogP contribution in [0, 0.1) is 13.8 Å². The number of rotatable bonds is 2. The Bertz CT molecular complexity index is 1120. The highest BCUT2D eigenvalue weighted by Crippen LogP contribution is 2.44. The van der Waals surface area contributed by atoms with Gasteiger partial charge in [-0.1, -0.05) is 6.07 Å². The zero-order chi connectivity index (χ0) is 20.3. The fourth-order valence-electron chi connectivity index (χ4n) is 3.21. The monoisotopic (exact) mass is 389 g/mol. The van der Waals surface area contributed by atoms with Crippen LogP contribution in [-0.2, 0) is 10.5 Å². The Kier molecular flexibility index (Phi) is 3.71. The summed E-state index contributed by atoms with van der Waals surface area (Å²) in [7, 11) is 0. The molecule has 3 aromatic rings. The summed E-state index contributed by atoms with van der Waals surface area (Å²) in [5.74, 6) is -2.86. The van der Waals surface area contributed by atoms with E-state index in [9.17, 15) is 22.8 Å². The predicted molar refractivity (Wildman–Crippen MR) is 93.6 cm³/mol. The smallest absolute Gasteiger partial charge is 0.312 e. The third-order valence-corrected chi connectivity index (χ3v) is 4.76. The molecular weight excluding hydrogens is 375 g/mol. The maximum atomic E-state index is 14.3. The number of nitrogens with zero attached hydrogens (tertiary/aromatic N) is 3. The van der Waals surface area contributed by atoms with Gasteiger partial charge in [-0.25, -0.2) is 4.98 Å². The molecule has 0 spiro atoms. The van der Waals surface area contributed by atoms with Crippen LogP contribution in [0.3, 0.4) is 0 Å². The van der Waals surface area contributed by atoms with Crippen molar-refractivity contribution in [3.05, 3.63) is 53.3 Å². The molecule has 0 aliphatic carbocycles. The van der Waals surface area contributed by atoms with Crippen molar-refractivity contribution >= 4 is 28.8 Å². The van der Waals surface area contributed by atoms with Gasteiger partial charge >= 0.3 is 6.18 Å². The summed E-state index contributed by atoms with van der Waals surface area (Å²) in [5.41, 5.74) is -1.67. The molecule has 2 N–H and O–H groups in total. The molecule has 1 aliphatic heterocycles. The molecule has 2 amide bonds. The highest BCUT2D eigenvalue weighted by atomic mass is 19.4.